The molecule has 0 saturated heterocycles. The van der Waals surface area contributed by atoms with Crippen LogP contribution in [0.3, 0.4) is 0 Å². The molecule has 0 aliphatic carbocycles. The molecule has 0 unspecified atom stereocenters. The predicted octanol–water partition coefficient (Wildman–Crippen LogP) is 2.84. The molecule has 0 bridgehead atoms. The molecule has 5 nitrogen and oxygen atoms in total. The van der Waals surface area contributed by atoms with E-state index in [1.54, 1.807) is 39.8 Å². The lowest BCUT2D eigenvalue weighted by Crippen LogP contribution is -2.41. The molecular weight excluding hydrogens is 358 g/mol. The predicted molar refractivity (Wildman–Crippen MR) is 85.1 cm³/mol. The van der Waals surface area contributed by atoms with E-state index in [1.165, 1.54) is 6.07 Å². The van der Waals surface area contributed by atoms with Crippen molar-refractivity contribution >= 4 is 31.9 Å². The Morgan fingerprint density at radius 1 is 1.33 bits per heavy atom. The molecule has 0 heterocycles. The van der Waals surface area contributed by atoms with Gasteiger partial charge in [-0.3, -0.25) is 0 Å². The van der Waals surface area contributed by atoms with Gasteiger partial charge in [0.2, 0.25) is 10.0 Å². The highest BCUT2D eigenvalue weighted by Crippen LogP contribution is 2.24. The molecule has 0 amide bonds. The first-order valence-electron chi connectivity index (χ1n) is 6.51. The van der Waals surface area contributed by atoms with E-state index in [4.69, 9.17) is 4.74 Å². The minimum absolute atomic E-state index is 0.0622. The van der Waals surface area contributed by atoms with Crippen molar-refractivity contribution in [3.05, 3.63) is 29.3 Å². The first-order chi connectivity index (χ1) is 9.62. The van der Waals surface area contributed by atoms with Crippen LogP contribution in [0.1, 0.15) is 43.6 Å². The summed E-state index contributed by atoms with van der Waals surface area (Å²) in [6, 6.07) is 4.71. The highest BCUT2D eigenvalue weighted by atomic mass is 79.9. The Hall–Kier alpha value is -0.920. The molecule has 1 rings (SSSR count). The van der Waals surface area contributed by atoms with Gasteiger partial charge in [0.1, 0.15) is 0 Å². The second-order valence-electron chi connectivity index (χ2n) is 5.50. The summed E-state index contributed by atoms with van der Waals surface area (Å²) >= 11 is 3.27. The van der Waals surface area contributed by atoms with Gasteiger partial charge in [-0.1, -0.05) is 28.1 Å². The zero-order valence-corrected chi connectivity index (χ0v) is 15.0. The Morgan fingerprint density at radius 2 is 1.95 bits per heavy atom. The first kappa shape index (κ1) is 18.1. The number of benzene rings is 1. The third kappa shape index (κ3) is 4.79. The van der Waals surface area contributed by atoms with E-state index in [2.05, 4.69) is 20.7 Å². The molecular formula is C14H20BrNO4S. The number of halogens is 1. The van der Waals surface area contributed by atoms with Crippen LogP contribution in [0, 0.1) is 0 Å². The summed E-state index contributed by atoms with van der Waals surface area (Å²) in [6.45, 7) is 7.08. The molecule has 0 aliphatic heterocycles. The number of esters is 1. The van der Waals surface area contributed by atoms with E-state index in [1.807, 2.05) is 0 Å². The van der Waals surface area contributed by atoms with Gasteiger partial charge in [-0.25, -0.2) is 17.9 Å². The molecule has 1 aromatic rings. The first-order valence-corrected chi connectivity index (χ1v) is 9.12. The van der Waals surface area contributed by atoms with Gasteiger partial charge >= 0.3 is 5.97 Å². The minimum atomic E-state index is -3.82. The topological polar surface area (TPSA) is 72.5 Å². The van der Waals surface area contributed by atoms with Crippen molar-refractivity contribution in [2.75, 3.05) is 6.61 Å². The summed E-state index contributed by atoms with van der Waals surface area (Å²) in [7, 11) is -3.82. The van der Waals surface area contributed by atoms with Crippen LogP contribution < -0.4 is 4.72 Å². The Balaban J connectivity index is 3.46. The molecule has 0 fully saturated rings. The highest BCUT2D eigenvalue weighted by molar-refractivity contribution is 9.08. The van der Waals surface area contributed by atoms with Crippen LogP contribution >= 0.6 is 15.9 Å². The van der Waals surface area contributed by atoms with E-state index in [0.717, 1.165) is 0 Å². The Kier molecular flexibility index (Phi) is 5.95. The van der Waals surface area contributed by atoms with Crippen LogP contribution in [0.25, 0.3) is 0 Å². The van der Waals surface area contributed by atoms with E-state index in [9.17, 15) is 13.2 Å². The van der Waals surface area contributed by atoms with Crippen molar-refractivity contribution in [1.82, 2.24) is 4.72 Å². The van der Waals surface area contributed by atoms with Crippen molar-refractivity contribution in [3.63, 3.8) is 0 Å². The molecule has 1 aromatic carbocycles. The van der Waals surface area contributed by atoms with Crippen LogP contribution in [0.15, 0.2) is 23.1 Å². The minimum Gasteiger partial charge on any atom is -0.462 e. The van der Waals surface area contributed by atoms with Crippen LogP contribution in [0.2, 0.25) is 0 Å². The fourth-order valence-corrected chi connectivity index (χ4v) is 3.93. The number of carbonyl (C=O) groups excluding carboxylic acids is 1. The molecule has 0 saturated carbocycles. The summed E-state index contributed by atoms with van der Waals surface area (Å²) in [5.41, 5.74) is 0.00744. The van der Waals surface area contributed by atoms with Crippen LogP contribution in [0.4, 0.5) is 0 Å². The quantitative estimate of drug-likeness (QED) is 0.632. The number of alkyl halides is 1. The van der Waals surface area contributed by atoms with E-state index >= 15 is 0 Å². The average molecular weight is 378 g/mol. The van der Waals surface area contributed by atoms with Gasteiger partial charge < -0.3 is 4.74 Å². The number of hydrogen-bond donors (Lipinski definition) is 1. The molecule has 0 aromatic heterocycles. The lowest BCUT2D eigenvalue weighted by molar-refractivity contribution is 0.0520. The van der Waals surface area contributed by atoms with Gasteiger partial charge in [-0.2, -0.15) is 0 Å². The zero-order valence-electron chi connectivity index (χ0n) is 12.6. The molecule has 0 radical (unpaired) electrons. The fourth-order valence-electron chi connectivity index (χ4n) is 1.80. The van der Waals surface area contributed by atoms with E-state index in [0.29, 0.717) is 10.9 Å². The molecule has 21 heavy (non-hydrogen) atoms. The highest BCUT2D eigenvalue weighted by Gasteiger charge is 2.28. The summed E-state index contributed by atoms with van der Waals surface area (Å²) in [5, 5.41) is 0.361. The van der Waals surface area contributed by atoms with Gasteiger partial charge in [0.25, 0.3) is 0 Å². The maximum absolute atomic E-state index is 12.5. The summed E-state index contributed by atoms with van der Waals surface area (Å²) in [6.07, 6.45) is 0. The number of ether oxygens (including phenoxy) is 1. The second-order valence-corrected chi connectivity index (χ2v) is 7.71. The third-order valence-corrected chi connectivity index (χ3v) is 4.87. The normalized spacial score (nSPS) is 12.2. The molecule has 0 aliphatic rings. The third-order valence-electron chi connectivity index (χ3n) is 2.47. The smallest absolute Gasteiger partial charge is 0.339 e. The van der Waals surface area contributed by atoms with Gasteiger partial charge in [-0.15, -0.1) is 0 Å². The number of nitrogens with one attached hydrogen (secondary N) is 1. The van der Waals surface area contributed by atoms with Crippen molar-refractivity contribution < 1.29 is 17.9 Å². The monoisotopic (exact) mass is 377 g/mol. The largest absolute Gasteiger partial charge is 0.462 e. The van der Waals surface area contributed by atoms with Gasteiger partial charge in [0.05, 0.1) is 17.1 Å². The maximum Gasteiger partial charge on any atom is 0.339 e. The van der Waals surface area contributed by atoms with Crippen molar-refractivity contribution in [2.24, 2.45) is 0 Å². The van der Waals surface area contributed by atoms with Gasteiger partial charge in [-0.05, 0) is 39.3 Å². The van der Waals surface area contributed by atoms with E-state index < -0.39 is 21.5 Å². The Labute approximate surface area is 134 Å². The summed E-state index contributed by atoms with van der Waals surface area (Å²) < 4.78 is 32.6. The maximum atomic E-state index is 12.5. The zero-order chi connectivity index (χ0) is 16.3. The molecule has 0 spiro atoms. The second kappa shape index (κ2) is 6.89. The lowest BCUT2D eigenvalue weighted by atomic mass is 10.1. The molecule has 118 valence electrons. The number of carbonyl (C=O) groups is 1. The van der Waals surface area contributed by atoms with Crippen LogP contribution in [0.5, 0.6) is 0 Å². The molecule has 1 N–H and O–H groups in total. The number of hydrogen-bond acceptors (Lipinski definition) is 4. The number of sulfonamides is 1. The summed E-state index contributed by atoms with van der Waals surface area (Å²) in [4.78, 5) is 12.1. The standard InChI is InChI=1S/C14H20BrNO4S/c1-5-20-13(17)12-10(9-15)7-6-8-11(12)21(18,19)16-14(2,3)4/h6-8,16H,5,9H2,1-4H3. The molecule has 0 atom stereocenters. The molecule has 7 heteroatoms. The van der Waals surface area contributed by atoms with Crippen molar-refractivity contribution in [3.8, 4) is 0 Å². The SMILES string of the molecule is CCOC(=O)c1c(CBr)cccc1S(=O)(=O)NC(C)(C)C. The van der Waals surface area contributed by atoms with Crippen LogP contribution in [-0.2, 0) is 20.1 Å². The van der Waals surface area contributed by atoms with Crippen molar-refractivity contribution in [2.45, 2.75) is 43.5 Å². The lowest BCUT2D eigenvalue weighted by Gasteiger charge is -2.22. The summed E-state index contributed by atoms with van der Waals surface area (Å²) in [5.74, 6) is -0.637. The van der Waals surface area contributed by atoms with Gasteiger partial charge in [0.15, 0.2) is 0 Å². The fraction of sp³-hybridized carbons (Fsp3) is 0.500. The van der Waals surface area contributed by atoms with Crippen molar-refractivity contribution in [1.29, 1.82) is 0 Å². The number of rotatable bonds is 5. The Bertz CT molecular complexity index is 620. The van der Waals surface area contributed by atoms with Gasteiger partial charge in [0, 0.05) is 10.9 Å². The van der Waals surface area contributed by atoms with Crippen LogP contribution in [-0.4, -0.2) is 26.5 Å². The Morgan fingerprint density at radius 3 is 2.43 bits per heavy atom. The average Bonchev–Trinajstić information content (AvgIpc) is 2.35. The van der Waals surface area contributed by atoms with E-state index in [-0.39, 0.29) is 17.1 Å².